The summed E-state index contributed by atoms with van der Waals surface area (Å²) in [6, 6.07) is 7.63. The summed E-state index contributed by atoms with van der Waals surface area (Å²) in [6.07, 6.45) is -2.70. The van der Waals surface area contributed by atoms with Gasteiger partial charge in [0.1, 0.15) is 11.6 Å². The van der Waals surface area contributed by atoms with E-state index in [0.717, 1.165) is 0 Å². The van der Waals surface area contributed by atoms with E-state index in [2.05, 4.69) is 15.6 Å². The van der Waals surface area contributed by atoms with Crippen LogP contribution in [0.15, 0.2) is 36.5 Å². The zero-order chi connectivity index (χ0) is 20.7. The van der Waals surface area contributed by atoms with Crippen LogP contribution in [0.25, 0.3) is 0 Å². The van der Waals surface area contributed by atoms with Crippen molar-refractivity contribution in [2.45, 2.75) is 33.0 Å². The van der Waals surface area contributed by atoms with Gasteiger partial charge < -0.3 is 15.4 Å². The molecule has 0 aliphatic carbocycles. The molecule has 0 atom stereocenters. The molecule has 0 bridgehead atoms. The lowest BCUT2D eigenvalue weighted by atomic mass is 10.1. The monoisotopic (exact) mass is 395 g/mol. The minimum Gasteiger partial charge on any atom is -0.484 e. The Kier molecular flexibility index (Phi) is 6.97. The Bertz CT molecular complexity index is 854. The first-order valence-electron chi connectivity index (χ1n) is 8.51. The van der Waals surface area contributed by atoms with Crippen LogP contribution in [0, 0.1) is 6.92 Å². The summed E-state index contributed by atoms with van der Waals surface area (Å²) in [5.41, 5.74) is 1.56. The van der Waals surface area contributed by atoms with Crippen molar-refractivity contribution in [3.63, 3.8) is 0 Å². The Morgan fingerprint density at radius 1 is 1.18 bits per heavy atom. The van der Waals surface area contributed by atoms with Crippen LogP contribution in [-0.4, -0.2) is 29.6 Å². The van der Waals surface area contributed by atoms with E-state index in [4.69, 9.17) is 4.74 Å². The van der Waals surface area contributed by atoms with Crippen LogP contribution in [0.4, 0.5) is 19.0 Å². The minimum atomic E-state index is -4.40. The average Bonchev–Trinajstić information content (AvgIpc) is 2.64. The van der Waals surface area contributed by atoms with Gasteiger partial charge in [-0.05, 0) is 36.2 Å². The van der Waals surface area contributed by atoms with E-state index in [-0.39, 0.29) is 29.9 Å². The summed E-state index contributed by atoms with van der Waals surface area (Å²) in [7, 11) is 0. The molecule has 2 N–H and O–H groups in total. The Hall–Kier alpha value is -3.10. The molecular formula is C19H20F3N3O3. The Morgan fingerprint density at radius 3 is 2.57 bits per heavy atom. The Balaban J connectivity index is 1.96. The minimum absolute atomic E-state index is 0.137. The molecule has 0 fully saturated rings. The molecule has 1 aromatic heterocycles. The first kappa shape index (κ1) is 21.2. The third-order valence-electron chi connectivity index (χ3n) is 3.69. The van der Waals surface area contributed by atoms with Gasteiger partial charge in [0.05, 0.1) is 0 Å². The third-order valence-corrected chi connectivity index (χ3v) is 3.69. The molecule has 1 heterocycles. The Morgan fingerprint density at radius 2 is 1.93 bits per heavy atom. The molecule has 0 aliphatic heterocycles. The highest BCUT2D eigenvalue weighted by molar-refractivity contribution is 5.96. The molecule has 0 unspecified atom stereocenters. The lowest BCUT2D eigenvalue weighted by molar-refractivity contribution is -0.153. The normalized spacial score (nSPS) is 11.0. The molecule has 28 heavy (non-hydrogen) atoms. The van der Waals surface area contributed by atoms with E-state index >= 15 is 0 Å². The number of aryl methyl sites for hydroxylation is 1. The number of amides is 2. The average molecular weight is 395 g/mol. The number of benzene rings is 1. The molecule has 150 valence electrons. The fraction of sp³-hybridized carbons (Fsp3) is 0.316. The second-order valence-corrected chi connectivity index (χ2v) is 6.02. The first-order valence-corrected chi connectivity index (χ1v) is 8.51. The summed E-state index contributed by atoms with van der Waals surface area (Å²) in [5, 5.41) is 5.29. The van der Waals surface area contributed by atoms with Crippen molar-refractivity contribution in [3.8, 4) is 5.75 Å². The first-order chi connectivity index (χ1) is 13.2. The molecule has 0 saturated heterocycles. The van der Waals surface area contributed by atoms with Crippen LogP contribution in [0.5, 0.6) is 5.75 Å². The lowest BCUT2D eigenvalue weighted by Crippen LogP contribution is -2.23. The van der Waals surface area contributed by atoms with Gasteiger partial charge in [0.15, 0.2) is 6.61 Å². The number of pyridine rings is 1. The summed E-state index contributed by atoms with van der Waals surface area (Å²) >= 11 is 0. The maximum atomic E-state index is 12.3. The molecule has 1 aromatic carbocycles. The molecule has 0 aliphatic rings. The number of ether oxygens (including phenoxy) is 1. The SMILES string of the molecule is CCC(=O)Nc1cc(C(=O)NCc2ccc(OCC(F)(F)F)c(C)c2)ccn1. The van der Waals surface area contributed by atoms with Gasteiger partial charge in [0.25, 0.3) is 5.91 Å². The van der Waals surface area contributed by atoms with Crippen LogP contribution < -0.4 is 15.4 Å². The van der Waals surface area contributed by atoms with E-state index in [1.165, 1.54) is 24.4 Å². The molecule has 6 nitrogen and oxygen atoms in total. The maximum absolute atomic E-state index is 12.3. The van der Waals surface area contributed by atoms with E-state index < -0.39 is 12.8 Å². The van der Waals surface area contributed by atoms with Crippen molar-refractivity contribution in [2.24, 2.45) is 0 Å². The number of carbonyl (C=O) groups is 2. The predicted molar refractivity (Wildman–Crippen MR) is 97.1 cm³/mol. The van der Waals surface area contributed by atoms with Crippen LogP contribution in [0.3, 0.4) is 0 Å². The van der Waals surface area contributed by atoms with Crippen LogP contribution in [0.1, 0.15) is 34.8 Å². The Labute approximate surface area is 160 Å². The van der Waals surface area contributed by atoms with Gasteiger partial charge >= 0.3 is 6.18 Å². The van der Waals surface area contributed by atoms with Gasteiger partial charge in [0.2, 0.25) is 5.91 Å². The van der Waals surface area contributed by atoms with Crippen molar-refractivity contribution < 1.29 is 27.5 Å². The van der Waals surface area contributed by atoms with Gasteiger partial charge in [-0.1, -0.05) is 19.1 Å². The number of anilines is 1. The number of alkyl halides is 3. The van der Waals surface area contributed by atoms with Gasteiger partial charge in [-0.3, -0.25) is 9.59 Å². The predicted octanol–water partition coefficient (Wildman–Crippen LogP) is 3.61. The standard InChI is InChI=1S/C19H20F3N3O3/c1-3-17(26)25-16-9-14(6-7-23-16)18(27)24-10-13-4-5-15(12(2)8-13)28-11-19(20,21)22/h4-9H,3,10-11H2,1-2H3,(H,24,27)(H,23,25,26). The fourth-order valence-electron chi connectivity index (χ4n) is 2.30. The number of halogens is 3. The second-order valence-electron chi connectivity index (χ2n) is 6.02. The molecule has 0 saturated carbocycles. The maximum Gasteiger partial charge on any atom is 0.422 e. The lowest BCUT2D eigenvalue weighted by Gasteiger charge is -2.13. The number of hydrogen-bond acceptors (Lipinski definition) is 4. The zero-order valence-electron chi connectivity index (χ0n) is 15.4. The van der Waals surface area contributed by atoms with Crippen LogP contribution in [-0.2, 0) is 11.3 Å². The van der Waals surface area contributed by atoms with Crippen LogP contribution in [0.2, 0.25) is 0 Å². The van der Waals surface area contributed by atoms with E-state index in [9.17, 15) is 22.8 Å². The highest BCUT2D eigenvalue weighted by Gasteiger charge is 2.28. The third kappa shape index (κ3) is 6.57. The number of rotatable bonds is 7. The quantitative estimate of drug-likeness (QED) is 0.751. The number of aromatic nitrogens is 1. The molecule has 9 heteroatoms. The molecular weight excluding hydrogens is 375 g/mol. The van der Waals surface area contributed by atoms with Crippen LogP contribution >= 0.6 is 0 Å². The van der Waals surface area contributed by atoms with Crippen molar-refractivity contribution in [3.05, 3.63) is 53.2 Å². The largest absolute Gasteiger partial charge is 0.484 e. The summed E-state index contributed by atoms with van der Waals surface area (Å²) < 4.78 is 41.5. The topological polar surface area (TPSA) is 80.3 Å². The molecule has 2 rings (SSSR count). The molecule has 2 aromatic rings. The zero-order valence-corrected chi connectivity index (χ0v) is 15.4. The van der Waals surface area contributed by atoms with Gasteiger partial charge in [0, 0.05) is 24.7 Å². The number of hydrogen-bond donors (Lipinski definition) is 2. The number of carbonyl (C=O) groups excluding carboxylic acids is 2. The van der Waals surface area contributed by atoms with E-state index in [1.807, 2.05) is 0 Å². The summed E-state index contributed by atoms with van der Waals surface area (Å²) in [5.74, 6) is -0.169. The highest BCUT2D eigenvalue weighted by atomic mass is 19.4. The summed E-state index contributed by atoms with van der Waals surface area (Å²) in [6.45, 7) is 2.15. The van der Waals surface area contributed by atoms with Crippen molar-refractivity contribution in [1.82, 2.24) is 10.3 Å². The van der Waals surface area contributed by atoms with E-state index in [1.54, 1.807) is 26.0 Å². The van der Waals surface area contributed by atoms with Gasteiger partial charge in [-0.2, -0.15) is 13.2 Å². The number of nitrogens with one attached hydrogen (secondary N) is 2. The fourth-order valence-corrected chi connectivity index (χ4v) is 2.30. The highest BCUT2D eigenvalue weighted by Crippen LogP contribution is 2.23. The molecule has 2 amide bonds. The summed E-state index contributed by atoms with van der Waals surface area (Å²) in [4.78, 5) is 27.7. The second kappa shape index (κ2) is 9.20. The number of nitrogens with zero attached hydrogens (tertiary/aromatic N) is 1. The van der Waals surface area contributed by atoms with Crippen molar-refractivity contribution in [1.29, 1.82) is 0 Å². The van der Waals surface area contributed by atoms with Gasteiger partial charge in [-0.25, -0.2) is 4.98 Å². The van der Waals surface area contributed by atoms with Crippen molar-refractivity contribution in [2.75, 3.05) is 11.9 Å². The van der Waals surface area contributed by atoms with Crippen molar-refractivity contribution >= 4 is 17.6 Å². The van der Waals surface area contributed by atoms with Gasteiger partial charge in [-0.15, -0.1) is 0 Å². The van der Waals surface area contributed by atoms with E-state index in [0.29, 0.717) is 23.1 Å². The molecule has 0 radical (unpaired) electrons. The molecule has 0 spiro atoms. The smallest absolute Gasteiger partial charge is 0.422 e.